The Hall–Kier alpha value is -1.44. The molecule has 2 saturated heterocycles. The molecular weight excluding hydrogens is 415 g/mol. The Morgan fingerprint density at radius 3 is 2.50 bits per heavy atom. The highest BCUT2D eigenvalue weighted by Crippen LogP contribution is 2.42. The predicted molar refractivity (Wildman–Crippen MR) is 93.1 cm³/mol. The Labute approximate surface area is 158 Å². The number of fused-ring (bicyclic) bond motifs is 2. The van der Waals surface area contributed by atoms with E-state index < -0.39 is 17.3 Å². The van der Waals surface area contributed by atoms with Crippen LogP contribution in [0.15, 0.2) is 22.7 Å². The van der Waals surface area contributed by atoms with Gasteiger partial charge in [0.2, 0.25) is 0 Å². The molecule has 26 heavy (non-hydrogen) atoms. The molecule has 0 spiro atoms. The Bertz CT molecular complexity index is 702. The average molecular weight is 436 g/mol. The Balaban J connectivity index is 1.72. The van der Waals surface area contributed by atoms with Crippen molar-refractivity contribution in [3.8, 4) is 5.75 Å². The van der Waals surface area contributed by atoms with Crippen LogP contribution in [0.1, 0.15) is 45.6 Å². The first-order chi connectivity index (χ1) is 12.0. The third-order valence-corrected chi connectivity index (χ3v) is 5.24. The molecule has 0 saturated carbocycles. The number of nitrogens with zero attached hydrogens (tertiary/aromatic N) is 1. The summed E-state index contributed by atoms with van der Waals surface area (Å²) in [5.41, 5.74) is -1.31. The highest BCUT2D eigenvalue weighted by molar-refractivity contribution is 9.10. The molecule has 144 valence electrons. The van der Waals surface area contributed by atoms with E-state index in [0.717, 1.165) is 25.0 Å². The van der Waals surface area contributed by atoms with Crippen LogP contribution >= 0.6 is 15.9 Å². The van der Waals surface area contributed by atoms with Crippen LogP contribution in [0.3, 0.4) is 0 Å². The van der Waals surface area contributed by atoms with Crippen LogP contribution < -0.4 is 4.74 Å². The zero-order valence-corrected chi connectivity index (χ0v) is 16.4. The predicted octanol–water partition coefficient (Wildman–Crippen LogP) is 5.39. The van der Waals surface area contributed by atoms with Crippen molar-refractivity contribution in [3.05, 3.63) is 28.2 Å². The van der Waals surface area contributed by atoms with E-state index in [-0.39, 0.29) is 28.8 Å². The number of hydrogen-bond acceptors (Lipinski definition) is 3. The molecule has 2 bridgehead atoms. The summed E-state index contributed by atoms with van der Waals surface area (Å²) in [5.74, 6) is 0.347. The lowest BCUT2D eigenvalue weighted by molar-refractivity contribution is -0.137. The second-order valence-electron chi connectivity index (χ2n) is 7.72. The van der Waals surface area contributed by atoms with E-state index in [9.17, 15) is 18.0 Å². The monoisotopic (exact) mass is 435 g/mol. The highest BCUT2D eigenvalue weighted by atomic mass is 79.9. The van der Waals surface area contributed by atoms with E-state index in [2.05, 4.69) is 15.9 Å². The summed E-state index contributed by atoms with van der Waals surface area (Å²) >= 11 is 3.15. The molecule has 1 aromatic rings. The first-order valence-electron chi connectivity index (χ1n) is 8.50. The van der Waals surface area contributed by atoms with Crippen LogP contribution in [-0.4, -0.2) is 34.8 Å². The van der Waals surface area contributed by atoms with Crippen molar-refractivity contribution in [3.63, 3.8) is 0 Å². The smallest absolute Gasteiger partial charge is 0.416 e. The number of carbonyl (C=O) groups is 1. The fourth-order valence-electron chi connectivity index (χ4n) is 3.60. The molecular formula is C18H21BrF3NO3. The molecule has 3 unspecified atom stereocenters. The van der Waals surface area contributed by atoms with Crippen molar-refractivity contribution >= 4 is 22.0 Å². The maximum atomic E-state index is 12.8. The SMILES string of the molecule is CC(C)(C)OC(=O)N1C2CCC1C(Oc1ccc(C(F)(F)F)cc1Br)C2. The fourth-order valence-corrected chi connectivity index (χ4v) is 4.07. The van der Waals surface area contributed by atoms with Crippen molar-refractivity contribution in [2.45, 2.75) is 70.0 Å². The first-order valence-corrected chi connectivity index (χ1v) is 9.30. The molecule has 1 aromatic carbocycles. The van der Waals surface area contributed by atoms with E-state index in [1.807, 2.05) is 20.8 Å². The third kappa shape index (κ3) is 3.94. The van der Waals surface area contributed by atoms with Gasteiger partial charge >= 0.3 is 12.3 Å². The number of hydrogen-bond donors (Lipinski definition) is 0. The molecule has 8 heteroatoms. The van der Waals surface area contributed by atoms with Gasteiger partial charge < -0.3 is 9.47 Å². The van der Waals surface area contributed by atoms with Crippen LogP contribution in [0, 0.1) is 0 Å². The van der Waals surface area contributed by atoms with Crippen molar-refractivity contribution < 1.29 is 27.4 Å². The van der Waals surface area contributed by atoms with Crippen molar-refractivity contribution in [2.24, 2.45) is 0 Å². The average Bonchev–Trinajstić information content (AvgIpc) is 3.04. The molecule has 2 fully saturated rings. The van der Waals surface area contributed by atoms with Crippen LogP contribution in [0.25, 0.3) is 0 Å². The Kier molecular flexibility index (Phi) is 4.92. The Morgan fingerprint density at radius 1 is 1.23 bits per heavy atom. The molecule has 2 heterocycles. The summed E-state index contributed by atoms with van der Waals surface area (Å²) < 4.78 is 50.0. The minimum Gasteiger partial charge on any atom is -0.487 e. The van der Waals surface area contributed by atoms with Crippen molar-refractivity contribution in [2.75, 3.05) is 0 Å². The molecule has 2 aliphatic heterocycles. The molecule has 4 nitrogen and oxygen atoms in total. The van der Waals surface area contributed by atoms with Gasteiger partial charge in [0.1, 0.15) is 17.5 Å². The molecule has 0 aliphatic carbocycles. The lowest BCUT2D eigenvalue weighted by atomic mass is 9.98. The number of carbonyl (C=O) groups excluding carboxylic acids is 1. The fraction of sp³-hybridized carbons (Fsp3) is 0.611. The maximum Gasteiger partial charge on any atom is 0.416 e. The number of halogens is 4. The number of rotatable bonds is 2. The zero-order chi connectivity index (χ0) is 19.3. The normalized spacial score (nSPS) is 25.5. The maximum absolute atomic E-state index is 12.8. The van der Waals surface area contributed by atoms with E-state index in [1.165, 1.54) is 6.07 Å². The van der Waals surface area contributed by atoms with E-state index in [0.29, 0.717) is 12.2 Å². The number of amides is 1. The highest BCUT2D eigenvalue weighted by Gasteiger charge is 2.51. The summed E-state index contributed by atoms with van der Waals surface area (Å²) in [7, 11) is 0. The summed E-state index contributed by atoms with van der Waals surface area (Å²) in [4.78, 5) is 14.2. The quantitative estimate of drug-likeness (QED) is 0.625. The van der Waals surface area contributed by atoms with Crippen LogP contribution in [0.2, 0.25) is 0 Å². The lowest BCUT2D eigenvalue weighted by Crippen LogP contribution is -2.42. The van der Waals surface area contributed by atoms with Gasteiger partial charge in [-0.3, -0.25) is 4.90 Å². The molecule has 0 N–H and O–H groups in total. The largest absolute Gasteiger partial charge is 0.487 e. The van der Waals surface area contributed by atoms with Gasteiger partial charge in [0.15, 0.2) is 0 Å². The topological polar surface area (TPSA) is 38.8 Å². The molecule has 2 aliphatic rings. The van der Waals surface area contributed by atoms with Crippen LogP contribution in [0.4, 0.5) is 18.0 Å². The zero-order valence-electron chi connectivity index (χ0n) is 14.8. The molecule has 0 aromatic heterocycles. The van der Waals surface area contributed by atoms with Crippen LogP contribution in [0.5, 0.6) is 5.75 Å². The van der Waals surface area contributed by atoms with Crippen molar-refractivity contribution in [1.29, 1.82) is 0 Å². The number of ether oxygens (including phenoxy) is 2. The van der Waals surface area contributed by atoms with E-state index in [1.54, 1.807) is 4.90 Å². The molecule has 3 atom stereocenters. The van der Waals surface area contributed by atoms with Crippen LogP contribution in [-0.2, 0) is 10.9 Å². The second kappa shape index (κ2) is 6.62. The van der Waals surface area contributed by atoms with Gasteiger partial charge in [0.25, 0.3) is 0 Å². The second-order valence-corrected chi connectivity index (χ2v) is 8.58. The van der Waals surface area contributed by atoms with Gasteiger partial charge in [0, 0.05) is 12.5 Å². The van der Waals surface area contributed by atoms with Gasteiger partial charge in [-0.25, -0.2) is 4.79 Å². The van der Waals surface area contributed by atoms with Crippen molar-refractivity contribution in [1.82, 2.24) is 4.90 Å². The van der Waals surface area contributed by atoms with Gasteiger partial charge in [-0.1, -0.05) is 0 Å². The Morgan fingerprint density at radius 2 is 1.92 bits per heavy atom. The molecule has 1 amide bonds. The van der Waals surface area contributed by atoms with Gasteiger partial charge in [-0.05, 0) is 67.7 Å². The number of alkyl halides is 3. The number of benzene rings is 1. The standard InChI is InChI=1S/C18H21BrF3NO3/c1-17(2,3)26-16(24)23-11-5-6-13(23)15(9-11)25-14-7-4-10(8-12(14)19)18(20,21)22/h4,7-8,11,13,15H,5-6,9H2,1-3H3. The third-order valence-electron chi connectivity index (χ3n) is 4.62. The summed E-state index contributed by atoms with van der Waals surface area (Å²) in [5, 5.41) is 0. The van der Waals surface area contributed by atoms with Gasteiger partial charge in [0.05, 0.1) is 16.1 Å². The molecule has 0 radical (unpaired) electrons. The van der Waals surface area contributed by atoms with E-state index >= 15 is 0 Å². The first kappa shape index (κ1) is 19.3. The van der Waals surface area contributed by atoms with E-state index in [4.69, 9.17) is 9.47 Å². The summed E-state index contributed by atoms with van der Waals surface area (Å²) in [6.45, 7) is 5.45. The van der Waals surface area contributed by atoms with Gasteiger partial charge in [-0.15, -0.1) is 0 Å². The minimum atomic E-state index is -4.40. The molecule has 3 rings (SSSR count). The summed E-state index contributed by atoms with van der Waals surface area (Å²) in [6.07, 6.45) is -2.68. The minimum absolute atomic E-state index is 0.0491. The lowest BCUT2D eigenvalue weighted by Gasteiger charge is -2.28. The van der Waals surface area contributed by atoms with Gasteiger partial charge in [-0.2, -0.15) is 13.2 Å². The summed E-state index contributed by atoms with van der Waals surface area (Å²) in [6, 6.07) is 3.25.